The van der Waals surface area contributed by atoms with Crippen LogP contribution >= 0.6 is 43.0 Å². The Morgan fingerprint density at radius 3 is 2.89 bits per heavy atom. The Morgan fingerprint density at radius 2 is 2.21 bits per heavy atom. The SMILES string of the molecule is CC(I)(C(=O)Oc1cccc2ccoc12)C12NI1N2. The molecule has 0 amide bonds. The third kappa shape index (κ3) is 1.68. The topological polar surface area (TPSA) is 83.3 Å². The molecule has 1 unspecified atom stereocenters. The predicted octanol–water partition coefficient (Wildman–Crippen LogP) is 2.73. The van der Waals surface area contributed by atoms with Gasteiger partial charge in [0.1, 0.15) is 0 Å². The first-order valence-electron chi connectivity index (χ1n) is 5.67. The zero-order valence-electron chi connectivity index (χ0n) is 9.87. The Kier molecular flexibility index (Phi) is 2.49. The van der Waals surface area contributed by atoms with E-state index in [4.69, 9.17) is 9.15 Å². The van der Waals surface area contributed by atoms with Crippen LogP contribution in [0.5, 0.6) is 5.75 Å². The summed E-state index contributed by atoms with van der Waals surface area (Å²) in [7, 11) is 0. The van der Waals surface area contributed by atoms with E-state index in [0.29, 0.717) is 11.3 Å². The standard InChI is InChI=1S/C12H10I2N2O3/c1-11(13,12-14(15-12)16-12)10(17)19-8-4-2-3-7-5-6-18-9(7)8/h2-6,15-16H,1H3. The summed E-state index contributed by atoms with van der Waals surface area (Å²) < 4.78 is 16.9. The number of esters is 1. The average Bonchev–Trinajstić information content (AvgIpc) is 3.17. The number of alkyl halides is 2. The summed E-state index contributed by atoms with van der Waals surface area (Å²) in [5.74, 6) is 0.239. The molecule has 2 aliphatic heterocycles. The second-order valence-corrected chi connectivity index (χ2v) is 11.1. The van der Waals surface area contributed by atoms with Crippen molar-refractivity contribution >= 4 is 59.9 Å². The van der Waals surface area contributed by atoms with E-state index >= 15 is 0 Å². The third-order valence-electron chi connectivity index (χ3n) is 3.34. The molecule has 1 aromatic heterocycles. The van der Waals surface area contributed by atoms with Gasteiger partial charge in [-0.2, -0.15) is 0 Å². The van der Waals surface area contributed by atoms with Gasteiger partial charge in [0.15, 0.2) is 0 Å². The molecule has 2 N–H and O–H groups in total. The number of furan rings is 1. The molecule has 0 bridgehead atoms. The molecule has 1 aromatic carbocycles. The number of benzene rings is 1. The third-order valence-corrected chi connectivity index (χ3v) is 10.5. The van der Waals surface area contributed by atoms with Crippen LogP contribution in [-0.4, -0.2) is 13.1 Å². The van der Waals surface area contributed by atoms with Crippen molar-refractivity contribution in [3.63, 3.8) is 0 Å². The molecular weight excluding hydrogens is 474 g/mol. The normalized spacial score (nSPS) is 23.6. The molecule has 0 radical (unpaired) electrons. The number of halogens is 2. The second-order valence-electron chi connectivity index (χ2n) is 4.62. The molecule has 100 valence electrons. The van der Waals surface area contributed by atoms with Gasteiger partial charge in [-0.3, -0.25) is 0 Å². The zero-order chi connectivity index (χ0) is 13.3. The van der Waals surface area contributed by atoms with Crippen LogP contribution in [0.2, 0.25) is 0 Å². The number of para-hydroxylation sites is 1. The fraction of sp³-hybridized carbons (Fsp3) is 0.250. The molecule has 2 aromatic rings. The van der Waals surface area contributed by atoms with Gasteiger partial charge >= 0.3 is 131 Å². The molecule has 2 fully saturated rings. The molecule has 5 nitrogen and oxygen atoms in total. The number of carbonyl (C=O) groups excluding carboxylic acids is 1. The van der Waals surface area contributed by atoms with E-state index in [9.17, 15) is 4.79 Å². The summed E-state index contributed by atoms with van der Waals surface area (Å²) in [6, 6.07) is 7.38. The van der Waals surface area contributed by atoms with Crippen LogP contribution in [0.25, 0.3) is 11.0 Å². The molecule has 3 heterocycles. The van der Waals surface area contributed by atoms with Gasteiger partial charge in [0.25, 0.3) is 0 Å². The van der Waals surface area contributed by atoms with E-state index in [-0.39, 0.29) is 9.64 Å². The summed E-state index contributed by atoms with van der Waals surface area (Å²) >= 11 is 0.992. The molecular formula is C12H10I2N2O3. The Balaban J connectivity index is 1.64. The Morgan fingerprint density at radius 1 is 1.47 bits per heavy atom. The fourth-order valence-corrected chi connectivity index (χ4v) is 9.70. The number of nitrogens with one attached hydrogen (secondary N) is 2. The van der Waals surface area contributed by atoms with Crippen LogP contribution in [0.3, 0.4) is 0 Å². The monoisotopic (exact) mass is 484 g/mol. The van der Waals surface area contributed by atoms with Crippen molar-refractivity contribution in [3.05, 3.63) is 30.5 Å². The number of fused-ring (bicyclic) bond motifs is 2. The van der Waals surface area contributed by atoms with Gasteiger partial charge in [-0.15, -0.1) is 0 Å². The van der Waals surface area contributed by atoms with Gasteiger partial charge in [-0.25, -0.2) is 0 Å². The number of hydrogen-bond acceptors (Lipinski definition) is 5. The van der Waals surface area contributed by atoms with Crippen LogP contribution in [0, 0.1) is 0 Å². The summed E-state index contributed by atoms with van der Waals surface area (Å²) in [5.41, 5.74) is 0.614. The van der Waals surface area contributed by atoms with Crippen LogP contribution < -0.4 is 11.8 Å². The van der Waals surface area contributed by atoms with Crippen molar-refractivity contribution in [2.24, 2.45) is 0 Å². The number of hydrogen-bond donors (Lipinski definition) is 2. The molecule has 1 atom stereocenters. The van der Waals surface area contributed by atoms with Gasteiger partial charge in [-0.05, 0) is 0 Å². The molecule has 2 aliphatic rings. The van der Waals surface area contributed by atoms with Crippen molar-refractivity contribution in [1.29, 1.82) is 0 Å². The van der Waals surface area contributed by atoms with Crippen molar-refractivity contribution in [1.82, 2.24) is 7.06 Å². The van der Waals surface area contributed by atoms with E-state index in [1.807, 2.05) is 25.1 Å². The van der Waals surface area contributed by atoms with Gasteiger partial charge in [0.05, 0.1) is 0 Å². The first-order valence-corrected chi connectivity index (χ1v) is 9.99. The minimum absolute atomic E-state index is 0.119. The number of ether oxygens (including phenoxy) is 1. The van der Waals surface area contributed by atoms with Crippen molar-refractivity contribution < 1.29 is 13.9 Å². The molecule has 4 rings (SSSR count). The minimum atomic E-state index is -1.18. The maximum atomic E-state index is 12.4. The van der Waals surface area contributed by atoms with Gasteiger partial charge in [0, 0.05) is 0 Å². The average molecular weight is 484 g/mol. The predicted molar refractivity (Wildman–Crippen MR) is 87.3 cm³/mol. The van der Waals surface area contributed by atoms with E-state index in [1.54, 1.807) is 12.3 Å². The van der Waals surface area contributed by atoms with Gasteiger partial charge in [-0.1, -0.05) is 0 Å². The van der Waals surface area contributed by atoms with Crippen molar-refractivity contribution in [3.8, 4) is 5.75 Å². The second kappa shape index (κ2) is 3.83. The summed E-state index contributed by atoms with van der Waals surface area (Å²) in [6.45, 7) is 1.91. The quantitative estimate of drug-likeness (QED) is 0.133. The summed E-state index contributed by atoms with van der Waals surface area (Å²) in [4.78, 5) is 12.4. The fourth-order valence-electron chi connectivity index (χ4n) is 1.96. The van der Waals surface area contributed by atoms with Crippen LogP contribution in [0.15, 0.2) is 34.9 Å². The maximum absolute atomic E-state index is 12.4. The molecule has 0 spiro atoms. The van der Waals surface area contributed by atoms with Crippen LogP contribution in [0.4, 0.5) is 0 Å². The zero-order valence-corrected chi connectivity index (χ0v) is 14.2. The Bertz CT molecular complexity index is 691. The summed E-state index contributed by atoms with van der Waals surface area (Å²) in [5, 5.41) is 0.932. The first kappa shape index (κ1) is 12.4. The number of rotatable bonds is 3. The van der Waals surface area contributed by atoms with Crippen molar-refractivity contribution in [2.75, 3.05) is 0 Å². The van der Waals surface area contributed by atoms with E-state index < -0.39 is 23.8 Å². The number of carbonyl (C=O) groups is 1. The van der Waals surface area contributed by atoms with Gasteiger partial charge < -0.3 is 0 Å². The Labute approximate surface area is 130 Å². The van der Waals surface area contributed by atoms with Crippen molar-refractivity contribution in [2.45, 2.75) is 14.0 Å². The molecule has 0 aliphatic carbocycles. The van der Waals surface area contributed by atoms with E-state index in [1.165, 1.54) is 0 Å². The van der Waals surface area contributed by atoms with Gasteiger partial charge in [0.2, 0.25) is 0 Å². The molecule has 7 heteroatoms. The first-order chi connectivity index (χ1) is 9.04. The van der Waals surface area contributed by atoms with Crippen LogP contribution in [-0.2, 0) is 4.79 Å². The molecule has 0 saturated carbocycles. The van der Waals surface area contributed by atoms with Crippen LogP contribution in [0.1, 0.15) is 6.92 Å². The van der Waals surface area contributed by atoms with E-state index in [2.05, 4.69) is 29.7 Å². The summed E-state index contributed by atoms with van der Waals surface area (Å²) in [6.07, 6.45) is 1.60. The Hall–Kier alpha value is -0.390. The molecule has 2 saturated heterocycles. The molecule has 19 heavy (non-hydrogen) atoms. The van der Waals surface area contributed by atoms with E-state index in [0.717, 1.165) is 5.39 Å².